The summed E-state index contributed by atoms with van der Waals surface area (Å²) in [6.45, 7) is 2.91. The molecule has 0 bridgehead atoms. The average molecular weight is 435 g/mol. The first kappa shape index (κ1) is 20.5. The summed E-state index contributed by atoms with van der Waals surface area (Å²) >= 11 is 1.57. The Labute approximate surface area is 176 Å². The third kappa shape index (κ3) is 4.39. The maximum absolute atomic E-state index is 13.0. The fraction of sp³-hybridized carbons (Fsp3) is 0.524. The van der Waals surface area contributed by atoms with E-state index in [1.165, 1.54) is 9.87 Å². The fourth-order valence-corrected chi connectivity index (χ4v) is 6.28. The van der Waals surface area contributed by atoms with Crippen molar-refractivity contribution in [1.29, 1.82) is 0 Å². The molecule has 2 aliphatic rings. The van der Waals surface area contributed by atoms with E-state index >= 15 is 0 Å². The minimum atomic E-state index is -3.52. The molecule has 0 unspecified atom stereocenters. The number of carbonyl (C=O) groups excluding carboxylic acids is 1. The van der Waals surface area contributed by atoms with E-state index in [0.29, 0.717) is 30.8 Å². The van der Waals surface area contributed by atoms with Crippen LogP contribution in [0.2, 0.25) is 0 Å². The Balaban J connectivity index is 1.33. The van der Waals surface area contributed by atoms with E-state index in [1.807, 2.05) is 24.4 Å². The van der Waals surface area contributed by atoms with E-state index in [4.69, 9.17) is 4.74 Å². The Morgan fingerprint density at radius 3 is 2.72 bits per heavy atom. The topological polar surface area (TPSA) is 76.6 Å². The monoisotopic (exact) mass is 434 g/mol. The smallest absolute Gasteiger partial charge is 0.309 e. The summed E-state index contributed by atoms with van der Waals surface area (Å²) in [5.41, 5.74) is 3.19. The number of sulfonamides is 1. The number of hydrogen-bond acceptors (Lipinski definition) is 6. The minimum Gasteiger partial charge on any atom is -0.459 e. The zero-order valence-corrected chi connectivity index (χ0v) is 18.2. The molecule has 0 atom stereocenters. The number of esters is 1. The van der Waals surface area contributed by atoms with Crippen molar-refractivity contribution < 1.29 is 17.9 Å². The number of piperidine rings is 1. The summed E-state index contributed by atoms with van der Waals surface area (Å²) in [6, 6.07) is 5.50. The summed E-state index contributed by atoms with van der Waals surface area (Å²) in [5, 5.41) is 2.94. The highest BCUT2D eigenvalue weighted by Crippen LogP contribution is 2.29. The average Bonchev–Trinajstić information content (AvgIpc) is 3.40. The van der Waals surface area contributed by atoms with Crippen molar-refractivity contribution in [3.63, 3.8) is 0 Å². The van der Waals surface area contributed by atoms with Crippen LogP contribution in [0.25, 0.3) is 0 Å². The first-order valence-corrected chi connectivity index (χ1v) is 12.5. The third-order valence-electron chi connectivity index (χ3n) is 5.76. The first-order chi connectivity index (χ1) is 14.0. The van der Waals surface area contributed by atoms with Crippen molar-refractivity contribution in [3.05, 3.63) is 45.4 Å². The standard InChI is InChI=1S/C21H26N2O4S2/c1-2-20-22-18(14-28-20)13-27-21(24)16-8-10-23(11-9-16)29(25,26)19-7-6-15-4-3-5-17(15)12-19/h6-7,12,14,16H,2-5,8-11,13H2,1H3. The second-order valence-electron chi connectivity index (χ2n) is 7.66. The number of ether oxygens (including phenoxy) is 1. The van der Waals surface area contributed by atoms with Crippen LogP contribution in [-0.2, 0) is 45.4 Å². The van der Waals surface area contributed by atoms with E-state index in [9.17, 15) is 13.2 Å². The minimum absolute atomic E-state index is 0.184. The van der Waals surface area contributed by atoms with Gasteiger partial charge < -0.3 is 4.74 Å². The van der Waals surface area contributed by atoms with E-state index < -0.39 is 10.0 Å². The lowest BCUT2D eigenvalue weighted by atomic mass is 9.98. The van der Waals surface area contributed by atoms with Crippen LogP contribution >= 0.6 is 11.3 Å². The number of hydrogen-bond donors (Lipinski definition) is 0. The van der Waals surface area contributed by atoms with Crippen LogP contribution in [0.3, 0.4) is 0 Å². The highest BCUT2D eigenvalue weighted by Gasteiger charge is 2.33. The number of benzene rings is 1. The van der Waals surface area contributed by atoms with Crippen LogP contribution in [0.1, 0.15) is 48.0 Å². The second-order valence-corrected chi connectivity index (χ2v) is 10.5. The number of aromatic nitrogens is 1. The molecule has 8 heteroatoms. The Morgan fingerprint density at radius 1 is 1.24 bits per heavy atom. The first-order valence-electron chi connectivity index (χ1n) is 10.2. The zero-order chi connectivity index (χ0) is 20.4. The van der Waals surface area contributed by atoms with Gasteiger partial charge in [-0.15, -0.1) is 11.3 Å². The van der Waals surface area contributed by atoms with Crippen molar-refractivity contribution in [2.45, 2.75) is 57.0 Å². The van der Waals surface area contributed by atoms with Crippen molar-refractivity contribution in [1.82, 2.24) is 9.29 Å². The van der Waals surface area contributed by atoms with Gasteiger partial charge in [0.2, 0.25) is 10.0 Å². The van der Waals surface area contributed by atoms with Crippen molar-refractivity contribution >= 4 is 27.3 Å². The molecule has 0 saturated carbocycles. The third-order valence-corrected chi connectivity index (χ3v) is 8.70. The lowest BCUT2D eigenvalue weighted by Crippen LogP contribution is -2.40. The Morgan fingerprint density at radius 2 is 2.00 bits per heavy atom. The molecule has 1 aromatic carbocycles. The number of nitrogens with zero attached hydrogens (tertiary/aromatic N) is 2. The Bertz CT molecular complexity index is 992. The van der Waals surface area contributed by atoms with Crippen LogP contribution in [0.4, 0.5) is 0 Å². The number of thiazole rings is 1. The van der Waals surface area contributed by atoms with Gasteiger partial charge in [-0.05, 0) is 61.8 Å². The van der Waals surface area contributed by atoms with Gasteiger partial charge in [0.25, 0.3) is 0 Å². The van der Waals surface area contributed by atoms with Gasteiger partial charge in [0.15, 0.2) is 0 Å². The predicted octanol–water partition coefficient (Wildman–Crippen LogP) is 3.34. The molecule has 0 amide bonds. The lowest BCUT2D eigenvalue weighted by Gasteiger charge is -2.30. The van der Waals surface area contributed by atoms with Crippen LogP contribution in [-0.4, -0.2) is 36.8 Å². The molecular weight excluding hydrogens is 408 g/mol. The normalized spacial score (nSPS) is 18.0. The molecule has 1 saturated heterocycles. The second kappa shape index (κ2) is 8.53. The predicted molar refractivity (Wildman–Crippen MR) is 111 cm³/mol. The molecule has 1 aromatic heterocycles. The van der Waals surface area contributed by atoms with Gasteiger partial charge >= 0.3 is 5.97 Å². The summed E-state index contributed by atoms with van der Waals surface area (Å²) in [7, 11) is -3.52. The van der Waals surface area contributed by atoms with Gasteiger partial charge in [-0.3, -0.25) is 4.79 Å². The van der Waals surface area contributed by atoms with Crippen LogP contribution < -0.4 is 0 Å². The van der Waals surface area contributed by atoms with E-state index in [0.717, 1.165) is 41.9 Å². The molecule has 29 heavy (non-hydrogen) atoms. The summed E-state index contributed by atoms with van der Waals surface area (Å²) < 4.78 is 32.9. The van der Waals surface area contributed by atoms with Gasteiger partial charge in [-0.1, -0.05) is 13.0 Å². The van der Waals surface area contributed by atoms with Gasteiger partial charge in [-0.25, -0.2) is 13.4 Å². The van der Waals surface area contributed by atoms with E-state index in [2.05, 4.69) is 4.98 Å². The largest absolute Gasteiger partial charge is 0.459 e. The lowest BCUT2D eigenvalue weighted by molar-refractivity contribution is -0.151. The van der Waals surface area contributed by atoms with Gasteiger partial charge in [-0.2, -0.15) is 4.31 Å². The molecular formula is C21H26N2O4S2. The maximum Gasteiger partial charge on any atom is 0.309 e. The number of aryl methyl sites for hydroxylation is 3. The van der Waals surface area contributed by atoms with E-state index in [1.54, 1.807) is 17.4 Å². The van der Waals surface area contributed by atoms with Gasteiger partial charge in [0.1, 0.15) is 6.61 Å². The van der Waals surface area contributed by atoms with Crippen LogP contribution in [0.15, 0.2) is 28.5 Å². The molecule has 2 aromatic rings. The van der Waals surface area contributed by atoms with Crippen LogP contribution in [0.5, 0.6) is 0 Å². The Hall–Kier alpha value is -1.77. The van der Waals surface area contributed by atoms with Crippen LogP contribution in [0, 0.1) is 5.92 Å². The maximum atomic E-state index is 13.0. The summed E-state index contributed by atoms with van der Waals surface area (Å²) in [4.78, 5) is 17.2. The SMILES string of the molecule is CCc1nc(COC(=O)C2CCN(S(=O)(=O)c3ccc4c(c3)CCC4)CC2)cs1. The summed E-state index contributed by atoms with van der Waals surface area (Å²) in [5.74, 6) is -0.517. The number of carbonyl (C=O) groups is 1. The molecule has 0 spiro atoms. The molecule has 4 rings (SSSR count). The van der Waals surface area contributed by atoms with E-state index in [-0.39, 0.29) is 18.5 Å². The fourth-order valence-electron chi connectivity index (χ4n) is 4.03. The highest BCUT2D eigenvalue weighted by molar-refractivity contribution is 7.89. The molecule has 0 radical (unpaired) electrons. The van der Waals surface area contributed by atoms with Crippen molar-refractivity contribution in [3.8, 4) is 0 Å². The molecule has 1 aliphatic heterocycles. The Kier molecular flexibility index (Phi) is 6.03. The quantitative estimate of drug-likeness (QED) is 0.652. The highest BCUT2D eigenvalue weighted by atomic mass is 32.2. The van der Waals surface area contributed by atoms with Gasteiger partial charge in [0, 0.05) is 18.5 Å². The molecule has 6 nitrogen and oxygen atoms in total. The number of rotatable bonds is 6. The molecule has 0 N–H and O–H groups in total. The summed E-state index contributed by atoms with van der Waals surface area (Å²) in [6.07, 6.45) is 4.92. The molecule has 2 heterocycles. The van der Waals surface area contributed by atoms with Crippen molar-refractivity contribution in [2.24, 2.45) is 5.92 Å². The molecule has 1 fully saturated rings. The molecule has 156 valence electrons. The van der Waals surface area contributed by atoms with Gasteiger partial charge in [0.05, 0.1) is 21.5 Å². The number of fused-ring (bicyclic) bond motifs is 1. The zero-order valence-electron chi connectivity index (χ0n) is 16.6. The van der Waals surface area contributed by atoms with Crippen molar-refractivity contribution in [2.75, 3.05) is 13.1 Å². The molecule has 1 aliphatic carbocycles.